The molecule has 0 unspecified atom stereocenters. The summed E-state index contributed by atoms with van der Waals surface area (Å²) >= 11 is 7.16. The van der Waals surface area contributed by atoms with Gasteiger partial charge in [0.1, 0.15) is 10.7 Å². The van der Waals surface area contributed by atoms with Gasteiger partial charge in [0.05, 0.1) is 5.02 Å². The average molecular weight is 435 g/mol. The topological polar surface area (TPSA) is 84.5 Å². The van der Waals surface area contributed by atoms with E-state index >= 15 is 0 Å². The number of amides is 2. The summed E-state index contributed by atoms with van der Waals surface area (Å²) in [5.41, 5.74) is 0.788. The lowest BCUT2D eigenvalue weighted by atomic mass is 10.2. The number of rotatable bonds is 6. The Morgan fingerprint density at radius 3 is 2.72 bits per heavy atom. The van der Waals surface area contributed by atoms with Gasteiger partial charge in [0, 0.05) is 27.9 Å². The second-order valence-electron chi connectivity index (χ2n) is 5.95. The molecule has 0 fully saturated rings. The first-order valence-corrected chi connectivity index (χ1v) is 9.81. The van der Waals surface area contributed by atoms with E-state index in [-0.39, 0.29) is 15.8 Å². The average Bonchev–Trinajstić information content (AvgIpc) is 3.02. The van der Waals surface area contributed by atoms with E-state index in [4.69, 9.17) is 16.3 Å². The van der Waals surface area contributed by atoms with Gasteiger partial charge in [0.2, 0.25) is 0 Å². The lowest BCUT2D eigenvalue weighted by Gasteiger charge is -2.08. The largest absolute Gasteiger partial charge is 0.451 e. The highest BCUT2D eigenvalue weighted by atomic mass is 35.5. The van der Waals surface area contributed by atoms with Crippen molar-refractivity contribution in [2.24, 2.45) is 0 Å². The van der Waals surface area contributed by atoms with Crippen molar-refractivity contribution >= 4 is 56.5 Å². The molecule has 0 saturated heterocycles. The van der Waals surface area contributed by atoms with Gasteiger partial charge in [0.15, 0.2) is 6.61 Å². The van der Waals surface area contributed by atoms with E-state index in [1.165, 1.54) is 24.3 Å². The van der Waals surface area contributed by atoms with E-state index in [1.54, 1.807) is 25.1 Å². The number of nitrogens with one attached hydrogen (secondary N) is 2. The van der Waals surface area contributed by atoms with Gasteiger partial charge < -0.3 is 15.4 Å². The van der Waals surface area contributed by atoms with Gasteiger partial charge in [-0.1, -0.05) is 17.7 Å². The number of ether oxygens (including phenoxy) is 1. The Bertz CT molecular complexity index is 1100. The Morgan fingerprint density at radius 1 is 1.17 bits per heavy atom. The van der Waals surface area contributed by atoms with Crippen molar-refractivity contribution in [1.29, 1.82) is 0 Å². The van der Waals surface area contributed by atoms with Crippen LogP contribution in [0.1, 0.15) is 27.0 Å². The van der Waals surface area contributed by atoms with Crippen molar-refractivity contribution in [3.05, 3.63) is 63.7 Å². The molecule has 0 atom stereocenters. The van der Waals surface area contributed by atoms with Crippen LogP contribution >= 0.6 is 22.9 Å². The Morgan fingerprint density at radius 2 is 1.97 bits per heavy atom. The number of thiophene rings is 1. The molecule has 0 saturated carbocycles. The maximum atomic E-state index is 13.3. The van der Waals surface area contributed by atoms with Crippen molar-refractivity contribution in [2.75, 3.05) is 18.5 Å². The number of fused-ring (bicyclic) bond motifs is 1. The Kier molecular flexibility index (Phi) is 6.46. The Labute approximate surface area is 174 Å². The monoisotopic (exact) mass is 434 g/mol. The van der Waals surface area contributed by atoms with Crippen LogP contribution in [-0.4, -0.2) is 30.9 Å². The molecule has 150 valence electrons. The summed E-state index contributed by atoms with van der Waals surface area (Å²) in [6.45, 7) is 1.75. The van der Waals surface area contributed by atoms with Gasteiger partial charge in [-0.05, 0) is 43.3 Å². The van der Waals surface area contributed by atoms with Crippen LogP contribution in [0.3, 0.4) is 0 Å². The third-order valence-electron chi connectivity index (χ3n) is 3.86. The van der Waals surface area contributed by atoms with E-state index in [0.29, 0.717) is 27.9 Å². The zero-order chi connectivity index (χ0) is 21.0. The summed E-state index contributed by atoms with van der Waals surface area (Å²) in [6, 6.07) is 10.4. The Hall–Kier alpha value is -2.97. The van der Waals surface area contributed by atoms with Crippen LogP contribution in [0.4, 0.5) is 10.1 Å². The summed E-state index contributed by atoms with van der Waals surface area (Å²) in [4.78, 5) is 36.3. The minimum atomic E-state index is -0.775. The molecule has 2 aromatic carbocycles. The molecule has 6 nitrogen and oxygen atoms in total. The van der Waals surface area contributed by atoms with Gasteiger partial charge >= 0.3 is 5.97 Å². The van der Waals surface area contributed by atoms with E-state index in [1.807, 2.05) is 0 Å². The number of hydrogen-bond acceptors (Lipinski definition) is 5. The molecule has 1 heterocycles. The molecule has 3 rings (SSSR count). The first kappa shape index (κ1) is 20.8. The number of halogens is 2. The van der Waals surface area contributed by atoms with Crippen molar-refractivity contribution in [3.8, 4) is 0 Å². The molecule has 2 N–H and O–H groups in total. The first-order valence-electron chi connectivity index (χ1n) is 8.61. The fourth-order valence-corrected chi connectivity index (χ4v) is 3.99. The molecule has 0 aliphatic heterocycles. The maximum absolute atomic E-state index is 13.3. The number of carbonyl (C=O) groups excluding carboxylic acids is 3. The number of carbonyl (C=O) groups is 3. The molecule has 0 aliphatic rings. The molecule has 0 aliphatic carbocycles. The van der Waals surface area contributed by atoms with Gasteiger partial charge in [0.25, 0.3) is 11.8 Å². The predicted molar refractivity (Wildman–Crippen MR) is 110 cm³/mol. The second kappa shape index (κ2) is 9.02. The molecule has 2 amide bonds. The Balaban J connectivity index is 1.62. The summed E-state index contributed by atoms with van der Waals surface area (Å²) in [5, 5.41) is 5.92. The highest BCUT2D eigenvalue weighted by molar-refractivity contribution is 7.21. The molecule has 29 heavy (non-hydrogen) atoms. The molecule has 0 radical (unpaired) electrons. The minimum absolute atomic E-state index is 0.0956. The zero-order valence-corrected chi connectivity index (χ0v) is 16.8. The van der Waals surface area contributed by atoms with Crippen molar-refractivity contribution in [1.82, 2.24) is 5.32 Å². The third-order valence-corrected chi connectivity index (χ3v) is 5.49. The fraction of sp³-hybridized carbons (Fsp3) is 0.150. The second-order valence-corrected chi connectivity index (χ2v) is 7.38. The van der Waals surface area contributed by atoms with Crippen LogP contribution < -0.4 is 10.6 Å². The summed E-state index contributed by atoms with van der Waals surface area (Å²) in [7, 11) is 0. The lowest BCUT2D eigenvalue weighted by Crippen LogP contribution is -2.23. The van der Waals surface area contributed by atoms with Gasteiger partial charge in [-0.15, -0.1) is 11.3 Å². The third kappa shape index (κ3) is 4.90. The minimum Gasteiger partial charge on any atom is -0.451 e. The SMILES string of the molecule is CCNC(=O)c1cccc(NC(=O)COC(=O)c2sc3cc(F)ccc3c2Cl)c1. The predicted octanol–water partition coefficient (Wildman–Crippen LogP) is 4.24. The highest BCUT2D eigenvalue weighted by Crippen LogP contribution is 2.36. The van der Waals surface area contributed by atoms with E-state index in [9.17, 15) is 18.8 Å². The quantitative estimate of drug-likeness (QED) is 0.568. The van der Waals surface area contributed by atoms with Gasteiger partial charge in [-0.2, -0.15) is 0 Å². The fourth-order valence-electron chi connectivity index (χ4n) is 2.56. The summed E-state index contributed by atoms with van der Waals surface area (Å²) in [5.74, 6) is -2.05. The standard InChI is InChI=1S/C20H16ClFN2O4S/c1-2-23-19(26)11-4-3-5-13(8-11)24-16(25)10-28-20(27)18-17(21)14-7-6-12(22)9-15(14)29-18/h3-9H,2,10H2,1H3,(H,23,26)(H,24,25). The highest BCUT2D eigenvalue weighted by Gasteiger charge is 2.20. The summed E-state index contributed by atoms with van der Waals surface area (Å²) in [6.07, 6.45) is 0. The van der Waals surface area contributed by atoms with E-state index in [2.05, 4.69) is 10.6 Å². The van der Waals surface area contributed by atoms with Crippen LogP contribution in [0.2, 0.25) is 5.02 Å². The maximum Gasteiger partial charge on any atom is 0.350 e. The molecule has 9 heteroatoms. The number of benzene rings is 2. The van der Waals surface area contributed by atoms with Gasteiger partial charge in [-0.25, -0.2) is 9.18 Å². The van der Waals surface area contributed by atoms with Crippen LogP contribution in [0.5, 0.6) is 0 Å². The van der Waals surface area contributed by atoms with E-state index in [0.717, 1.165) is 11.3 Å². The number of esters is 1. The van der Waals surface area contributed by atoms with Crippen molar-refractivity contribution in [2.45, 2.75) is 6.92 Å². The zero-order valence-electron chi connectivity index (χ0n) is 15.3. The molecule has 0 bridgehead atoms. The van der Waals surface area contributed by atoms with Crippen LogP contribution in [0.25, 0.3) is 10.1 Å². The van der Waals surface area contributed by atoms with E-state index < -0.39 is 24.3 Å². The summed E-state index contributed by atoms with van der Waals surface area (Å²) < 4.78 is 18.9. The molecular weight excluding hydrogens is 419 g/mol. The molecule has 0 spiro atoms. The van der Waals surface area contributed by atoms with Crippen molar-refractivity contribution < 1.29 is 23.5 Å². The van der Waals surface area contributed by atoms with Crippen LogP contribution in [0.15, 0.2) is 42.5 Å². The molecule has 1 aromatic heterocycles. The normalized spacial score (nSPS) is 10.6. The van der Waals surface area contributed by atoms with Gasteiger partial charge in [-0.3, -0.25) is 9.59 Å². The number of hydrogen-bond donors (Lipinski definition) is 2. The van der Waals surface area contributed by atoms with Crippen LogP contribution in [-0.2, 0) is 9.53 Å². The molecular formula is C20H16ClFN2O4S. The number of anilines is 1. The first-order chi connectivity index (χ1) is 13.9. The van der Waals surface area contributed by atoms with Crippen molar-refractivity contribution in [3.63, 3.8) is 0 Å². The smallest absolute Gasteiger partial charge is 0.350 e. The lowest BCUT2D eigenvalue weighted by molar-refractivity contribution is -0.119. The van der Waals surface area contributed by atoms with Crippen LogP contribution in [0, 0.1) is 5.82 Å². The molecule has 3 aromatic rings.